The van der Waals surface area contributed by atoms with Gasteiger partial charge < -0.3 is 10.1 Å². The van der Waals surface area contributed by atoms with E-state index in [0.717, 1.165) is 11.8 Å². The quantitative estimate of drug-likeness (QED) is 0.816. The molecule has 4 unspecified atom stereocenters. The Hall–Kier alpha value is -0.0800. The van der Waals surface area contributed by atoms with Crippen LogP contribution in [0.25, 0.3) is 0 Å². The van der Waals surface area contributed by atoms with Gasteiger partial charge in [0, 0.05) is 11.5 Å². The third-order valence-corrected chi connectivity index (χ3v) is 5.02. The van der Waals surface area contributed by atoms with Crippen molar-refractivity contribution in [2.75, 3.05) is 7.05 Å². The van der Waals surface area contributed by atoms with Crippen molar-refractivity contribution in [1.29, 1.82) is 0 Å². The van der Waals surface area contributed by atoms with E-state index in [4.69, 9.17) is 4.74 Å². The van der Waals surface area contributed by atoms with Gasteiger partial charge in [-0.05, 0) is 44.6 Å². The van der Waals surface area contributed by atoms with Gasteiger partial charge in [-0.1, -0.05) is 27.7 Å². The molecule has 100 valence electrons. The van der Waals surface area contributed by atoms with E-state index in [1.807, 2.05) is 0 Å². The maximum Gasteiger partial charge on any atom is 0.0659 e. The molecule has 2 nitrogen and oxygen atoms in total. The van der Waals surface area contributed by atoms with E-state index >= 15 is 0 Å². The van der Waals surface area contributed by atoms with Crippen LogP contribution < -0.4 is 5.32 Å². The van der Waals surface area contributed by atoms with E-state index in [1.165, 1.54) is 25.7 Å². The molecule has 2 aliphatic carbocycles. The van der Waals surface area contributed by atoms with Crippen molar-refractivity contribution in [2.45, 2.75) is 71.6 Å². The molecule has 2 fully saturated rings. The predicted molar refractivity (Wildman–Crippen MR) is 72.1 cm³/mol. The van der Waals surface area contributed by atoms with E-state index in [1.54, 1.807) is 0 Å². The highest BCUT2D eigenvalue weighted by atomic mass is 16.5. The van der Waals surface area contributed by atoms with Gasteiger partial charge in [0.15, 0.2) is 0 Å². The van der Waals surface area contributed by atoms with Crippen LogP contribution in [-0.4, -0.2) is 25.3 Å². The number of rotatable bonds is 3. The molecule has 2 rings (SSSR count). The third-order valence-electron chi connectivity index (χ3n) is 5.02. The second-order valence-corrected chi connectivity index (χ2v) is 7.06. The Morgan fingerprint density at radius 2 is 1.59 bits per heavy atom. The van der Waals surface area contributed by atoms with E-state index < -0.39 is 0 Å². The first kappa shape index (κ1) is 13.4. The van der Waals surface area contributed by atoms with E-state index in [9.17, 15) is 0 Å². The number of nitrogens with one attached hydrogen (secondary N) is 1. The van der Waals surface area contributed by atoms with Gasteiger partial charge >= 0.3 is 0 Å². The molecular formula is C15H29NO. The minimum atomic E-state index is 0.304. The molecule has 2 aliphatic rings. The van der Waals surface area contributed by atoms with Crippen LogP contribution in [0.15, 0.2) is 0 Å². The maximum atomic E-state index is 6.38. The lowest BCUT2D eigenvalue weighted by Gasteiger charge is -2.53. The maximum absolute atomic E-state index is 6.38. The van der Waals surface area contributed by atoms with Gasteiger partial charge in [0.05, 0.1) is 12.2 Å². The highest BCUT2D eigenvalue weighted by molar-refractivity contribution is 5.02. The topological polar surface area (TPSA) is 21.3 Å². The Morgan fingerprint density at radius 3 is 2.06 bits per heavy atom. The lowest BCUT2D eigenvalue weighted by molar-refractivity contribution is -0.159. The van der Waals surface area contributed by atoms with E-state index in [-0.39, 0.29) is 0 Å². The highest BCUT2D eigenvalue weighted by Crippen LogP contribution is 2.44. The lowest BCUT2D eigenvalue weighted by Crippen LogP contribution is -2.61. The fourth-order valence-electron chi connectivity index (χ4n) is 3.82. The Balaban J connectivity index is 1.86. The zero-order valence-electron chi connectivity index (χ0n) is 12.1. The predicted octanol–water partition coefficient (Wildman–Crippen LogP) is 3.21. The number of hydrogen-bond acceptors (Lipinski definition) is 2. The van der Waals surface area contributed by atoms with Crippen molar-refractivity contribution in [3.05, 3.63) is 0 Å². The first-order valence-electron chi connectivity index (χ1n) is 7.26. The molecule has 0 aromatic heterocycles. The minimum Gasteiger partial charge on any atom is -0.374 e. The summed E-state index contributed by atoms with van der Waals surface area (Å²) in [5.41, 5.74) is 0.304. The van der Waals surface area contributed by atoms with E-state index in [0.29, 0.717) is 23.7 Å². The van der Waals surface area contributed by atoms with Gasteiger partial charge in [-0.3, -0.25) is 0 Å². The van der Waals surface area contributed by atoms with Crippen LogP contribution in [0.1, 0.15) is 53.4 Å². The molecule has 0 aliphatic heterocycles. The van der Waals surface area contributed by atoms with Crippen LogP contribution in [0.4, 0.5) is 0 Å². The molecule has 0 saturated heterocycles. The Kier molecular flexibility index (Phi) is 3.84. The summed E-state index contributed by atoms with van der Waals surface area (Å²) < 4.78 is 6.38. The van der Waals surface area contributed by atoms with Crippen molar-refractivity contribution < 1.29 is 4.74 Å². The third kappa shape index (κ3) is 2.68. The molecule has 2 saturated carbocycles. The number of hydrogen-bond donors (Lipinski definition) is 1. The fourth-order valence-corrected chi connectivity index (χ4v) is 3.82. The molecule has 1 N–H and O–H groups in total. The summed E-state index contributed by atoms with van der Waals surface area (Å²) in [6.45, 7) is 9.40. The SMILES string of the molecule is CNC1CC(OC2CC(C)CC(C)C2)C1(C)C. The Labute approximate surface area is 107 Å². The molecule has 17 heavy (non-hydrogen) atoms. The first-order valence-corrected chi connectivity index (χ1v) is 7.26. The monoisotopic (exact) mass is 239 g/mol. The van der Waals surface area contributed by atoms with Crippen molar-refractivity contribution in [3.8, 4) is 0 Å². The first-order chi connectivity index (χ1) is 7.93. The lowest BCUT2D eigenvalue weighted by atomic mass is 9.64. The molecule has 0 aromatic carbocycles. The zero-order valence-corrected chi connectivity index (χ0v) is 12.1. The van der Waals surface area contributed by atoms with E-state index in [2.05, 4.69) is 40.1 Å². The van der Waals surface area contributed by atoms with Crippen LogP contribution in [0, 0.1) is 17.3 Å². The van der Waals surface area contributed by atoms with Crippen LogP contribution in [0.5, 0.6) is 0 Å². The molecule has 0 heterocycles. The summed E-state index contributed by atoms with van der Waals surface area (Å²) in [7, 11) is 2.06. The van der Waals surface area contributed by atoms with Gasteiger partial charge in [-0.2, -0.15) is 0 Å². The minimum absolute atomic E-state index is 0.304. The average molecular weight is 239 g/mol. The largest absolute Gasteiger partial charge is 0.374 e. The van der Waals surface area contributed by atoms with Crippen LogP contribution >= 0.6 is 0 Å². The van der Waals surface area contributed by atoms with Crippen LogP contribution in [-0.2, 0) is 4.74 Å². The second-order valence-electron chi connectivity index (χ2n) is 7.06. The Bertz CT molecular complexity index is 254. The van der Waals surface area contributed by atoms with Gasteiger partial charge in [0.2, 0.25) is 0 Å². The van der Waals surface area contributed by atoms with Gasteiger partial charge in [0.1, 0.15) is 0 Å². The normalized spacial score (nSPS) is 45.4. The molecule has 0 radical (unpaired) electrons. The summed E-state index contributed by atoms with van der Waals surface area (Å²) in [5, 5.41) is 3.40. The van der Waals surface area contributed by atoms with Crippen molar-refractivity contribution >= 4 is 0 Å². The smallest absolute Gasteiger partial charge is 0.0659 e. The van der Waals surface area contributed by atoms with Gasteiger partial charge in [-0.25, -0.2) is 0 Å². The summed E-state index contributed by atoms with van der Waals surface area (Å²) in [4.78, 5) is 0. The molecule has 0 spiro atoms. The summed E-state index contributed by atoms with van der Waals surface area (Å²) in [5.74, 6) is 1.68. The molecule has 0 aromatic rings. The van der Waals surface area contributed by atoms with Crippen molar-refractivity contribution in [1.82, 2.24) is 5.32 Å². The summed E-state index contributed by atoms with van der Waals surface area (Å²) >= 11 is 0. The van der Waals surface area contributed by atoms with Crippen LogP contribution in [0.3, 0.4) is 0 Å². The van der Waals surface area contributed by atoms with Crippen molar-refractivity contribution in [2.24, 2.45) is 17.3 Å². The molecule has 4 atom stereocenters. The summed E-state index contributed by atoms with van der Waals surface area (Å²) in [6, 6.07) is 0.630. The second kappa shape index (κ2) is 4.89. The van der Waals surface area contributed by atoms with Crippen molar-refractivity contribution in [3.63, 3.8) is 0 Å². The molecule has 0 bridgehead atoms. The van der Waals surface area contributed by atoms with Crippen LogP contribution in [0.2, 0.25) is 0 Å². The molecular weight excluding hydrogens is 210 g/mol. The molecule has 0 amide bonds. The summed E-state index contributed by atoms with van der Waals surface area (Å²) in [6.07, 6.45) is 6.07. The Morgan fingerprint density at radius 1 is 1.00 bits per heavy atom. The number of ether oxygens (including phenoxy) is 1. The fraction of sp³-hybridized carbons (Fsp3) is 1.00. The average Bonchev–Trinajstić information content (AvgIpc) is 2.22. The van der Waals surface area contributed by atoms with Gasteiger partial charge in [0.25, 0.3) is 0 Å². The highest BCUT2D eigenvalue weighted by Gasteiger charge is 2.49. The van der Waals surface area contributed by atoms with Gasteiger partial charge in [-0.15, -0.1) is 0 Å². The standard InChI is InChI=1S/C15H29NO/c1-10-6-11(2)8-12(7-10)17-14-9-13(16-5)15(14,3)4/h10-14,16H,6-9H2,1-5H3. The zero-order chi connectivity index (χ0) is 12.6. The molecule has 2 heteroatoms.